The van der Waals surface area contributed by atoms with Crippen LogP contribution in [-0.2, 0) is 20.7 Å². The third-order valence-electron chi connectivity index (χ3n) is 2.80. The van der Waals surface area contributed by atoms with E-state index >= 15 is 0 Å². The van der Waals surface area contributed by atoms with E-state index in [-0.39, 0.29) is 28.9 Å². The Balaban J connectivity index is 2.53. The molecule has 0 spiro atoms. The molecule has 1 amide bonds. The van der Waals surface area contributed by atoms with E-state index in [1.165, 1.54) is 25.4 Å². The molecule has 0 unspecified atom stereocenters. The second-order valence-electron chi connectivity index (χ2n) is 4.06. The van der Waals surface area contributed by atoms with Gasteiger partial charge in [-0.15, -0.1) is 0 Å². The summed E-state index contributed by atoms with van der Waals surface area (Å²) in [6.07, 6.45) is 1.04. The molecular weight excluding hydrogens is 266 g/mol. The molecule has 2 rings (SSSR count). The number of methoxy groups -OCH3 is 1. The molecule has 0 saturated heterocycles. The molecule has 1 radical (unpaired) electrons. The molecule has 0 aliphatic carbocycles. The van der Waals surface area contributed by atoms with Crippen molar-refractivity contribution < 1.29 is 19.2 Å². The average Bonchev–Trinajstić information content (AvgIpc) is 2.81. The number of hydrogen-bond acceptors (Lipinski definition) is 5. The predicted molar refractivity (Wildman–Crippen MR) is 67.8 cm³/mol. The van der Waals surface area contributed by atoms with Gasteiger partial charge >= 0.3 is 5.97 Å². The van der Waals surface area contributed by atoms with E-state index in [0.717, 1.165) is 0 Å². The number of nitro groups is 1. The molecule has 0 aromatic heterocycles. The summed E-state index contributed by atoms with van der Waals surface area (Å²) in [4.78, 5) is 32.9. The van der Waals surface area contributed by atoms with Crippen LogP contribution in [0.5, 0.6) is 0 Å². The van der Waals surface area contributed by atoms with Crippen molar-refractivity contribution in [2.24, 2.45) is 5.73 Å². The SMILES string of the molecule is COC(=O)Cc1cc2c(c([N+](=O)[O-])c1)[N]C=C2C(N)=O. The molecule has 1 aliphatic rings. The van der Waals surface area contributed by atoms with E-state index in [9.17, 15) is 19.7 Å². The summed E-state index contributed by atoms with van der Waals surface area (Å²) in [5.41, 5.74) is 5.66. The third-order valence-corrected chi connectivity index (χ3v) is 2.80. The quantitative estimate of drug-likeness (QED) is 0.483. The molecule has 2 N–H and O–H groups in total. The van der Waals surface area contributed by atoms with Gasteiger partial charge in [0.2, 0.25) is 0 Å². The molecule has 0 atom stereocenters. The number of nitrogens with two attached hydrogens (primary N) is 1. The van der Waals surface area contributed by atoms with Crippen molar-refractivity contribution >= 4 is 28.8 Å². The summed E-state index contributed by atoms with van der Waals surface area (Å²) in [5, 5.41) is 14.9. The fraction of sp³-hybridized carbons (Fsp3) is 0.167. The fourth-order valence-corrected chi connectivity index (χ4v) is 1.89. The lowest BCUT2D eigenvalue weighted by molar-refractivity contribution is -0.384. The first-order chi connectivity index (χ1) is 9.43. The van der Waals surface area contributed by atoms with Gasteiger partial charge in [0.15, 0.2) is 0 Å². The molecule has 8 nitrogen and oxygen atoms in total. The largest absolute Gasteiger partial charge is 0.469 e. The first-order valence-corrected chi connectivity index (χ1v) is 5.53. The Labute approximate surface area is 113 Å². The number of nitrogens with zero attached hydrogens (tertiary/aromatic N) is 2. The summed E-state index contributed by atoms with van der Waals surface area (Å²) >= 11 is 0. The Morgan fingerprint density at radius 2 is 2.15 bits per heavy atom. The van der Waals surface area contributed by atoms with Crippen LogP contribution >= 0.6 is 0 Å². The molecular formula is C12H10N3O5. The Kier molecular flexibility index (Phi) is 3.38. The van der Waals surface area contributed by atoms with Gasteiger partial charge in [0.05, 0.1) is 24.0 Å². The van der Waals surface area contributed by atoms with Crippen molar-refractivity contribution in [3.05, 3.63) is 39.6 Å². The van der Waals surface area contributed by atoms with E-state index in [1.54, 1.807) is 0 Å². The van der Waals surface area contributed by atoms with Gasteiger partial charge in [-0.3, -0.25) is 19.7 Å². The number of carbonyl (C=O) groups excluding carboxylic acids is 2. The lowest BCUT2D eigenvalue weighted by Crippen LogP contribution is -2.12. The van der Waals surface area contributed by atoms with Gasteiger partial charge in [0, 0.05) is 17.8 Å². The zero-order valence-electron chi connectivity index (χ0n) is 10.5. The zero-order chi connectivity index (χ0) is 14.9. The highest BCUT2D eigenvalue weighted by Gasteiger charge is 2.29. The van der Waals surface area contributed by atoms with Crippen LogP contribution < -0.4 is 11.1 Å². The molecule has 103 valence electrons. The topological polar surface area (TPSA) is 127 Å². The smallest absolute Gasteiger partial charge is 0.309 e. The first-order valence-electron chi connectivity index (χ1n) is 5.53. The molecule has 1 heterocycles. The van der Waals surface area contributed by atoms with Crippen molar-refractivity contribution in [3.8, 4) is 0 Å². The Morgan fingerprint density at radius 1 is 1.45 bits per heavy atom. The van der Waals surface area contributed by atoms with Crippen molar-refractivity contribution in [3.63, 3.8) is 0 Å². The molecule has 1 aliphatic heterocycles. The lowest BCUT2D eigenvalue weighted by atomic mass is 10.0. The summed E-state index contributed by atoms with van der Waals surface area (Å²) < 4.78 is 4.51. The van der Waals surface area contributed by atoms with E-state index < -0.39 is 16.8 Å². The van der Waals surface area contributed by atoms with Crippen molar-refractivity contribution in [2.45, 2.75) is 6.42 Å². The van der Waals surface area contributed by atoms with Crippen LogP contribution in [0.1, 0.15) is 11.1 Å². The van der Waals surface area contributed by atoms with Gasteiger partial charge in [0.25, 0.3) is 11.6 Å². The van der Waals surface area contributed by atoms with Gasteiger partial charge in [-0.1, -0.05) is 0 Å². The highest BCUT2D eigenvalue weighted by Crippen LogP contribution is 2.38. The van der Waals surface area contributed by atoms with E-state index in [0.29, 0.717) is 5.56 Å². The molecule has 8 heteroatoms. The molecule has 0 saturated carbocycles. The van der Waals surface area contributed by atoms with Crippen LogP contribution in [-0.4, -0.2) is 23.9 Å². The summed E-state index contributed by atoms with van der Waals surface area (Å²) in [6, 6.07) is 2.71. The van der Waals surface area contributed by atoms with Gasteiger partial charge in [0.1, 0.15) is 5.69 Å². The van der Waals surface area contributed by atoms with Crippen LogP contribution in [0.3, 0.4) is 0 Å². The van der Waals surface area contributed by atoms with Crippen LogP contribution in [0.2, 0.25) is 0 Å². The highest BCUT2D eigenvalue weighted by atomic mass is 16.6. The molecule has 0 fully saturated rings. The average molecular weight is 276 g/mol. The summed E-state index contributed by atoms with van der Waals surface area (Å²) in [6.45, 7) is 0. The van der Waals surface area contributed by atoms with Gasteiger partial charge in [-0.25, -0.2) is 5.32 Å². The van der Waals surface area contributed by atoms with Gasteiger partial charge in [-0.2, -0.15) is 0 Å². The fourth-order valence-electron chi connectivity index (χ4n) is 1.89. The van der Waals surface area contributed by atoms with Crippen LogP contribution in [0.15, 0.2) is 18.3 Å². The minimum absolute atomic E-state index is 0.0671. The molecule has 0 bridgehead atoms. The van der Waals surface area contributed by atoms with E-state index in [4.69, 9.17) is 5.73 Å². The second kappa shape index (κ2) is 5.00. The van der Waals surface area contributed by atoms with E-state index in [2.05, 4.69) is 10.1 Å². The van der Waals surface area contributed by atoms with Gasteiger partial charge in [-0.05, 0) is 11.6 Å². The number of ether oxygens (including phenoxy) is 1. The maximum Gasteiger partial charge on any atom is 0.309 e. The number of esters is 1. The monoisotopic (exact) mass is 276 g/mol. The Hall–Kier alpha value is -2.90. The number of hydrogen-bond donors (Lipinski definition) is 1. The second-order valence-corrected chi connectivity index (χ2v) is 4.06. The van der Waals surface area contributed by atoms with Crippen molar-refractivity contribution in [2.75, 3.05) is 7.11 Å². The van der Waals surface area contributed by atoms with Crippen LogP contribution in [0, 0.1) is 10.1 Å². The molecule has 1 aromatic rings. The number of amides is 1. The first kappa shape index (κ1) is 13.5. The number of rotatable bonds is 4. The number of carbonyl (C=O) groups is 2. The Bertz CT molecular complexity index is 651. The number of fused-ring (bicyclic) bond motifs is 1. The van der Waals surface area contributed by atoms with E-state index in [1.807, 2.05) is 0 Å². The minimum Gasteiger partial charge on any atom is -0.469 e. The number of nitro benzene ring substituents is 1. The third kappa shape index (κ3) is 2.30. The summed E-state index contributed by atoms with van der Waals surface area (Å²) in [7, 11) is 1.22. The minimum atomic E-state index is -0.739. The Morgan fingerprint density at radius 3 is 2.70 bits per heavy atom. The van der Waals surface area contributed by atoms with Crippen LogP contribution in [0.4, 0.5) is 11.4 Å². The number of benzene rings is 1. The number of primary amides is 1. The lowest BCUT2D eigenvalue weighted by Gasteiger charge is -2.06. The maximum absolute atomic E-state index is 11.3. The van der Waals surface area contributed by atoms with Crippen molar-refractivity contribution in [1.29, 1.82) is 0 Å². The molecule has 20 heavy (non-hydrogen) atoms. The predicted octanol–water partition coefficient (Wildman–Crippen LogP) is 0.386. The standard InChI is InChI=1S/C12H10N3O5/c1-20-10(16)4-6-2-7-8(12(13)17)5-14-11(7)9(3-6)15(18)19/h2-3,5H,4H2,1H3,(H2,13,17). The van der Waals surface area contributed by atoms with Crippen LogP contribution in [0.25, 0.3) is 5.57 Å². The van der Waals surface area contributed by atoms with Gasteiger partial charge < -0.3 is 10.5 Å². The molecule has 1 aromatic carbocycles. The highest BCUT2D eigenvalue weighted by molar-refractivity contribution is 6.21. The van der Waals surface area contributed by atoms with Crippen molar-refractivity contribution in [1.82, 2.24) is 5.32 Å². The maximum atomic E-state index is 11.3. The normalized spacial score (nSPS) is 12.2. The summed E-state index contributed by atoms with van der Waals surface area (Å²) in [5.74, 6) is -1.28. The zero-order valence-corrected chi connectivity index (χ0v) is 10.5.